The average Bonchev–Trinajstić information content (AvgIpc) is 3.18. The van der Waals surface area contributed by atoms with E-state index < -0.39 is 0 Å². The van der Waals surface area contributed by atoms with Gasteiger partial charge in [-0.15, -0.1) is 0 Å². The number of piperazine rings is 1. The second kappa shape index (κ2) is 11.0. The van der Waals surface area contributed by atoms with Crippen molar-refractivity contribution in [3.05, 3.63) is 94.8 Å². The molecule has 1 fully saturated rings. The van der Waals surface area contributed by atoms with Gasteiger partial charge in [0.2, 0.25) is 5.91 Å². The molecule has 0 atom stereocenters. The zero-order valence-electron chi connectivity index (χ0n) is 21.4. The Labute approximate surface area is 209 Å². The Bertz CT molecular complexity index is 1100. The first-order valence-corrected chi connectivity index (χ1v) is 12.7. The number of carbonyl (C=O) groups excluding carboxylic acids is 2. The lowest BCUT2D eigenvalue weighted by atomic mass is 9.88. The van der Waals surface area contributed by atoms with E-state index in [1.54, 1.807) is 0 Å². The van der Waals surface area contributed by atoms with Crippen molar-refractivity contribution in [2.24, 2.45) is 0 Å². The molecule has 0 saturated carbocycles. The van der Waals surface area contributed by atoms with Gasteiger partial charge < -0.3 is 9.47 Å². The van der Waals surface area contributed by atoms with Crippen LogP contribution in [0.25, 0.3) is 0 Å². The summed E-state index contributed by atoms with van der Waals surface area (Å²) in [6.45, 7) is 11.6. The summed E-state index contributed by atoms with van der Waals surface area (Å²) in [6.07, 6.45) is 0.453. The normalized spacial score (nSPS) is 14.6. The first-order chi connectivity index (χ1) is 16.8. The van der Waals surface area contributed by atoms with Gasteiger partial charge in [-0.2, -0.15) is 0 Å². The quantitative estimate of drug-likeness (QED) is 0.422. The molecule has 5 nitrogen and oxygen atoms in total. The number of hydrogen-bond donors (Lipinski definition) is 0. The van der Waals surface area contributed by atoms with Crippen LogP contribution in [0.3, 0.4) is 0 Å². The van der Waals surface area contributed by atoms with Crippen molar-refractivity contribution in [3.63, 3.8) is 0 Å². The molecule has 1 saturated heterocycles. The maximum absolute atomic E-state index is 13.3. The summed E-state index contributed by atoms with van der Waals surface area (Å²) in [7, 11) is 0. The van der Waals surface area contributed by atoms with Gasteiger partial charge in [-0.25, -0.2) is 0 Å². The summed E-state index contributed by atoms with van der Waals surface area (Å²) in [5.74, 6) is 0.382. The molecule has 1 aliphatic rings. The van der Waals surface area contributed by atoms with Crippen LogP contribution in [-0.4, -0.2) is 58.8 Å². The van der Waals surface area contributed by atoms with E-state index in [0.29, 0.717) is 32.1 Å². The lowest BCUT2D eigenvalue weighted by Gasteiger charge is -2.35. The van der Waals surface area contributed by atoms with Crippen LogP contribution in [0.5, 0.6) is 0 Å². The fraction of sp³-hybridized carbons (Fsp3) is 0.400. The highest BCUT2D eigenvalue weighted by molar-refractivity contribution is 5.99. The van der Waals surface area contributed by atoms with Crippen LogP contribution in [-0.2, 0) is 4.79 Å². The molecule has 2 heterocycles. The molecule has 0 N–H and O–H groups in total. The molecule has 184 valence electrons. The van der Waals surface area contributed by atoms with E-state index in [1.165, 1.54) is 0 Å². The highest BCUT2D eigenvalue weighted by Gasteiger charge is 2.27. The molecular weight excluding hydrogens is 434 g/mol. The van der Waals surface area contributed by atoms with Crippen molar-refractivity contribution in [2.75, 3.05) is 32.7 Å². The Morgan fingerprint density at radius 2 is 1.37 bits per heavy atom. The largest absolute Gasteiger partial charge is 0.346 e. The van der Waals surface area contributed by atoms with E-state index in [0.717, 1.165) is 41.2 Å². The summed E-state index contributed by atoms with van der Waals surface area (Å²) in [5, 5.41) is 0. The minimum Gasteiger partial charge on any atom is -0.346 e. The maximum atomic E-state index is 13.3. The average molecular weight is 472 g/mol. The molecule has 1 amide bonds. The zero-order valence-corrected chi connectivity index (χ0v) is 21.4. The molecule has 0 radical (unpaired) electrons. The first-order valence-electron chi connectivity index (χ1n) is 12.7. The van der Waals surface area contributed by atoms with Crippen LogP contribution >= 0.6 is 0 Å². The minimum atomic E-state index is 0.0423. The highest BCUT2D eigenvalue weighted by atomic mass is 16.2. The molecule has 0 unspecified atom stereocenters. The van der Waals surface area contributed by atoms with Crippen molar-refractivity contribution in [1.29, 1.82) is 0 Å². The van der Waals surface area contributed by atoms with E-state index in [1.807, 2.05) is 54.3 Å². The van der Waals surface area contributed by atoms with Crippen molar-refractivity contribution in [2.45, 2.75) is 46.1 Å². The van der Waals surface area contributed by atoms with Gasteiger partial charge in [-0.05, 0) is 44.9 Å². The maximum Gasteiger partial charge on any atom is 0.223 e. The van der Waals surface area contributed by atoms with Crippen LogP contribution in [0.15, 0.2) is 66.7 Å². The Kier molecular flexibility index (Phi) is 7.86. The molecule has 0 spiro atoms. The van der Waals surface area contributed by atoms with E-state index in [4.69, 9.17) is 0 Å². The molecule has 0 aliphatic carbocycles. The summed E-state index contributed by atoms with van der Waals surface area (Å²) >= 11 is 0. The highest BCUT2D eigenvalue weighted by Crippen LogP contribution is 2.29. The lowest BCUT2D eigenvalue weighted by Crippen LogP contribution is -2.50. The summed E-state index contributed by atoms with van der Waals surface area (Å²) in [5.41, 5.74) is 5.32. The molecule has 2 aromatic carbocycles. The second-order valence-corrected chi connectivity index (χ2v) is 9.91. The number of aromatic nitrogens is 1. The zero-order chi connectivity index (χ0) is 24.9. The Morgan fingerprint density at radius 1 is 0.829 bits per heavy atom. The second-order valence-electron chi connectivity index (χ2n) is 9.91. The first kappa shape index (κ1) is 24.9. The van der Waals surface area contributed by atoms with E-state index >= 15 is 0 Å². The summed E-state index contributed by atoms with van der Waals surface area (Å²) in [4.78, 5) is 30.5. The minimum absolute atomic E-state index is 0.0423. The third kappa shape index (κ3) is 5.73. The van der Waals surface area contributed by atoms with Gasteiger partial charge in [0.15, 0.2) is 5.78 Å². The fourth-order valence-corrected chi connectivity index (χ4v) is 5.40. The van der Waals surface area contributed by atoms with Gasteiger partial charge in [-0.3, -0.25) is 14.5 Å². The fourth-order valence-electron chi connectivity index (χ4n) is 5.40. The van der Waals surface area contributed by atoms with Gasteiger partial charge in [0.05, 0.1) is 6.54 Å². The van der Waals surface area contributed by atoms with Gasteiger partial charge in [-0.1, -0.05) is 60.7 Å². The number of Topliss-reactive ketones (excluding diaryl/α,β-unsaturated/α-hetero) is 1. The lowest BCUT2D eigenvalue weighted by molar-refractivity contribution is -0.133. The molecular formula is C30H37N3O2. The predicted molar refractivity (Wildman–Crippen MR) is 141 cm³/mol. The van der Waals surface area contributed by atoms with Crippen LogP contribution < -0.4 is 0 Å². The smallest absolute Gasteiger partial charge is 0.223 e. The summed E-state index contributed by atoms with van der Waals surface area (Å²) < 4.78 is 2.22. The van der Waals surface area contributed by atoms with Gasteiger partial charge in [0.1, 0.15) is 0 Å². The number of benzene rings is 2. The Morgan fingerprint density at radius 3 is 1.86 bits per heavy atom. The standard InChI is InChI=1S/C30H37N3O2/c1-22(2)33-23(3)19-27(24(33)4)29(34)21-31-15-17-32(18-16-31)30(35)20-28(25-11-7-5-8-12-25)26-13-9-6-10-14-26/h5-14,19,22,28H,15-18,20-21H2,1-4H3. The Balaban J connectivity index is 1.36. The van der Waals surface area contributed by atoms with Gasteiger partial charge in [0.25, 0.3) is 0 Å². The number of amides is 1. The predicted octanol–water partition coefficient (Wildman–Crippen LogP) is 5.23. The SMILES string of the molecule is Cc1cc(C(=O)CN2CCN(C(=O)CC(c3ccccc3)c3ccccc3)CC2)c(C)n1C(C)C. The van der Waals surface area contributed by atoms with Crippen molar-refractivity contribution >= 4 is 11.7 Å². The number of aryl methyl sites for hydroxylation is 1. The third-order valence-electron chi connectivity index (χ3n) is 7.18. The Hall–Kier alpha value is -3.18. The van der Waals surface area contributed by atoms with E-state index in [2.05, 4.69) is 54.5 Å². The number of nitrogens with zero attached hydrogens (tertiary/aromatic N) is 3. The van der Waals surface area contributed by atoms with Gasteiger partial charge >= 0.3 is 0 Å². The van der Waals surface area contributed by atoms with E-state index in [9.17, 15) is 9.59 Å². The monoisotopic (exact) mass is 471 g/mol. The molecule has 1 aromatic heterocycles. The molecule has 0 bridgehead atoms. The van der Waals surface area contributed by atoms with Crippen molar-refractivity contribution in [1.82, 2.24) is 14.4 Å². The molecule has 3 aromatic rings. The number of rotatable bonds is 8. The number of carbonyl (C=O) groups is 2. The molecule has 5 heteroatoms. The summed E-state index contributed by atoms with van der Waals surface area (Å²) in [6, 6.07) is 22.9. The van der Waals surface area contributed by atoms with E-state index in [-0.39, 0.29) is 17.6 Å². The number of hydrogen-bond acceptors (Lipinski definition) is 3. The van der Waals surface area contributed by atoms with Crippen LogP contribution in [0.2, 0.25) is 0 Å². The van der Waals surface area contributed by atoms with Gasteiger partial charge in [0, 0.05) is 61.5 Å². The van der Waals surface area contributed by atoms with Crippen molar-refractivity contribution < 1.29 is 9.59 Å². The van der Waals surface area contributed by atoms with Crippen LogP contribution in [0.1, 0.15) is 65.1 Å². The molecule has 35 heavy (non-hydrogen) atoms. The number of ketones is 1. The third-order valence-corrected chi connectivity index (χ3v) is 7.18. The topological polar surface area (TPSA) is 45.6 Å². The van der Waals surface area contributed by atoms with Crippen LogP contribution in [0.4, 0.5) is 0 Å². The molecule has 1 aliphatic heterocycles. The molecule has 4 rings (SSSR count). The van der Waals surface area contributed by atoms with Crippen molar-refractivity contribution in [3.8, 4) is 0 Å². The van der Waals surface area contributed by atoms with Crippen LogP contribution in [0, 0.1) is 13.8 Å².